The van der Waals surface area contributed by atoms with Crippen LogP contribution in [0.3, 0.4) is 0 Å². The summed E-state index contributed by atoms with van der Waals surface area (Å²) in [6.45, 7) is 0.765. The van der Waals surface area contributed by atoms with Crippen LogP contribution in [0.2, 0.25) is 0 Å². The highest BCUT2D eigenvalue weighted by Crippen LogP contribution is 2.25. The van der Waals surface area contributed by atoms with Crippen LogP contribution in [0.15, 0.2) is 29.3 Å². The first kappa shape index (κ1) is 12.7. The Kier molecular flexibility index (Phi) is 3.74. The molecule has 0 unspecified atom stereocenters. The minimum absolute atomic E-state index is 0.232. The Bertz CT molecular complexity index is 443. The number of ether oxygens (including phenoxy) is 1. The fraction of sp³-hybridized carbons (Fsp3) is 0.417. The molecule has 0 atom stereocenters. The fourth-order valence-corrected chi connectivity index (χ4v) is 1.74. The molecule has 1 aromatic rings. The van der Waals surface area contributed by atoms with Crippen LogP contribution in [-0.2, 0) is 0 Å². The lowest BCUT2D eigenvalue weighted by molar-refractivity contribution is -0.274. The maximum atomic E-state index is 12.1. The standard InChI is InChI=1S/C12H13F3N2O/c13-12(14,15)18-10-5-3-4-9(8-10)17-11-6-1-2-7-16-11/h3-5,8H,1-2,6-7H2,(H,16,17). The second-order valence-electron chi connectivity index (χ2n) is 3.99. The van der Waals surface area contributed by atoms with Crippen molar-refractivity contribution in [3.8, 4) is 5.75 Å². The zero-order chi connectivity index (χ0) is 13.0. The van der Waals surface area contributed by atoms with Crippen LogP contribution in [0.25, 0.3) is 0 Å². The zero-order valence-corrected chi connectivity index (χ0v) is 9.63. The Morgan fingerprint density at radius 3 is 2.72 bits per heavy atom. The number of aliphatic imine (C=N–C) groups is 1. The smallest absolute Gasteiger partial charge is 0.406 e. The molecule has 1 N–H and O–H groups in total. The molecule has 1 aliphatic rings. The minimum atomic E-state index is -4.67. The lowest BCUT2D eigenvalue weighted by Gasteiger charge is -2.15. The molecule has 0 radical (unpaired) electrons. The Morgan fingerprint density at radius 1 is 1.22 bits per heavy atom. The van der Waals surface area contributed by atoms with Crippen LogP contribution in [0.4, 0.5) is 18.9 Å². The number of anilines is 1. The van der Waals surface area contributed by atoms with Crippen molar-refractivity contribution in [1.29, 1.82) is 0 Å². The van der Waals surface area contributed by atoms with Crippen molar-refractivity contribution in [2.24, 2.45) is 4.99 Å². The Balaban J connectivity index is 2.05. The topological polar surface area (TPSA) is 33.6 Å². The van der Waals surface area contributed by atoms with Crippen molar-refractivity contribution < 1.29 is 17.9 Å². The Morgan fingerprint density at radius 2 is 2.06 bits per heavy atom. The first-order chi connectivity index (χ1) is 8.53. The molecule has 98 valence electrons. The Hall–Kier alpha value is -1.72. The van der Waals surface area contributed by atoms with Gasteiger partial charge in [0.25, 0.3) is 0 Å². The van der Waals surface area contributed by atoms with Gasteiger partial charge in [0.15, 0.2) is 0 Å². The number of alkyl halides is 3. The normalized spacial score (nSPS) is 16.1. The monoisotopic (exact) mass is 258 g/mol. The van der Waals surface area contributed by atoms with Crippen molar-refractivity contribution in [3.05, 3.63) is 24.3 Å². The van der Waals surface area contributed by atoms with Gasteiger partial charge < -0.3 is 10.1 Å². The van der Waals surface area contributed by atoms with Gasteiger partial charge in [0, 0.05) is 24.7 Å². The summed E-state index contributed by atoms with van der Waals surface area (Å²) in [4.78, 5) is 4.27. The maximum absolute atomic E-state index is 12.1. The number of amidine groups is 1. The highest BCUT2D eigenvalue weighted by Gasteiger charge is 2.31. The minimum Gasteiger partial charge on any atom is -0.406 e. The molecule has 1 heterocycles. The number of halogens is 3. The lowest BCUT2D eigenvalue weighted by atomic mass is 10.2. The second kappa shape index (κ2) is 5.29. The van der Waals surface area contributed by atoms with E-state index in [9.17, 15) is 13.2 Å². The van der Waals surface area contributed by atoms with Gasteiger partial charge in [0.1, 0.15) is 11.6 Å². The van der Waals surface area contributed by atoms with E-state index in [2.05, 4.69) is 15.0 Å². The molecular formula is C12H13F3N2O. The van der Waals surface area contributed by atoms with E-state index in [1.807, 2.05) is 0 Å². The van der Waals surface area contributed by atoms with Gasteiger partial charge in [-0.15, -0.1) is 13.2 Å². The molecule has 0 fully saturated rings. The predicted molar refractivity (Wildman–Crippen MR) is 62.9 cm³/mol. The van der Waals surface area contributed by atoms with E-state index in [1.165, 1.54) is 18.2 Å². The van der Waals surface area contributed by atoms with E-state index >= 15 is 0 Å². The number of hydrogen-bond donors (Lipinski definition) is 1. The molecular weight excluding hydrogens is 245 g/mol. The van der Waals surface area contributed by atoms with Gasteiger partial charge in [0.05, 0.1) is 0 Å². The summed E-state index contributed by atoms with van der Waals surface area (Å²) in [6, 6.07) is 5.76. The van der Waals surface area contributed by atoms with E-state index in [-0.39, 0.29) is 5.75 Å². The van der Waals surface area contributed by atoms with Crippen molar-refractivity contribution in [2.45, 2.75) is 25.6 Å². The van der Waals surface area contributed by atoms with Gasteiger partial charge in [0.2, 0.25) is 0 Å². The molecule has 2 rings (SSSR count). The average Bonchev–Trinajstić information content (AvgIpc) is 2.28. The molecule has 1 aliphatic heterocycles. The molecule has 0 saturated heterocycles. The molecule has 6 heteroatoms. The van der Waals surface area contributed by atoms with Crippen molar-refractivity contribution in [2.75, 3.05) is 11.9 Å². The second-order valence-corrected chi connectivity index (χ2v) is 3.99. The van der Waals surface area contributed by atoms with Crippen LogP contribution < -0.4 is 10.1 Å². The molecule has 0 saturated carbocycles. The summed E-state index contributed by atoms with van der Waals surface area (Å²) in [5.74, 6) is 0.578. The van der Waals surface area contributed by atoms with Gasteiger partial charge >= 0.3 is 6.36 Å². The third kappa shape index (κ3) is 3.94. The van der Waals surface area contributed by atoms with Crippen LogP contribution >= 0.6 is 0 Å². The quantitative estimate of drug-likeness (QED) is 0.879. The van der Waals surface area contributed by atoms with Crippen molar-refractivity contribution in [1.82, 2.24) is 0 Å². The summed E-state index contributed by atoms with van der Waals surface area (Å²) < 4.78 is 40.0. The van der Waals surface area contributed by atoms with Gasteiger partial charge in [-0.1, -0.05) is 6.07 Å². The van der Waals surface area contributed by atoms with E-state index < -0.39 is 6.36 Å². The largest absolute Gasteiger partial charge is 0.573 e. The highest BCUT2D eigenvalue weighted by molar-refractivity contribution is 5.95. The summed E-state index contributed by atoms with van der Waals surface area (Å²) in [7, 11) is 0. The Labute approximate surface area is 103 Å². The first-order valence-electron chi connectivity index (χ1n) is 5.69. The molecule has 3 nitrogen and oxygen atoms in total. The van der Waals surface area contributed by atoms with E-state index in [0.29, 0.717) is 5.69 Å². The highest BCUT2D eigenvalue weighted by atomic mass is 19.4. The van der Waals surface area contributed by atoms with Gasteiger partial charge in [-0.05, 0) is 25.0 Å². The molecule has 0 spiro atoms. The maximum Gasteiger partial charge on any atom is 0.573 e. The van der Waals surface area contributed by atoms with E-state index in [0.717, 1.165) is 31.6 Å². The first-order valence-corrected chi connectivity index (χ1v) is 5.69. The molecule has 18 heavy (non-hydrogen) atoms. The SMILES string of the molecule is FC(F)(F)Oc1cccc(NC2=NCCCC2)c1. The predicted octanol–water partition coefficient (Wildman–Crippen LogP) is 3.58. The van der Waals surface area contributed by atoms with Gasteiger partial charge in [-0.3, -0.25) is 4.99 Å². The molecule has 0 amide bonds. The summed E-state index contributed by atoms with van der Waals surface area (Å²) >= 11 is 0. The number of nitrogens with one attached hydrogen (secondary N) is 1. The summed E-state index contributed by atoms with van der Waals surface area (Å²) in [5.41, 5.74) is 0.553. The van der Waals surface area contributed by atoms with Gasteiger partial charge in [-0.2, -0.15) is 0 Å². The summed E-state index contributed by atoms with van der Waals surface area (Å²) in [5, 5.41) is 3.01. The fourth-order valence-electron chi connectivity index (χ4n) is 1.74. The average molecular weight is 258 g/mol. The van der Waals surface area contributed by atoms with E-state index in [4.69, 9.17) is 0 Å². The third-order valence-electron chi connectivity index (χ3n) is 2.48. The molecule has 1 aromatic carbocycles. The lowest BCUT2D eigenvalue weighted by Crippen LogP contribution is -2.18. The van der Waals surface area contributed by atoms with E-state index in [1.54, 1.807) is 6.07 Å². The number of nitrogens with zero attached hydrogens (tertiary/aromatic N) is 1. The zero-order valence-electron chi connectivity index (χ0n) is 9.63. The van der Waals surface area contributed by atoms with Crippen LogP contribution in [0, 0.1) is 0 Å². The van der Waals surface area contributed by atoms with Crippen LogP contribution in [-0.4, -0.2) is 18.7 Å². The molecule has 0 bridgehead atoms. The number of benzene rings is 1. The number of rotatable bonds is 2. The van der Waals surface area contributed by atoms with Crippen molar-refractivity contribution in [3.63, 3.8) is 0 Å². The number of hydrogen-bond acceptors (Lipinski definition) is 3. The van der Waals surface area contributed by atoms with Crippen LogP contribution in [0.5, 0.6) is 5.75 Å². The molecule has 0 aliphatic carbocycles. The third-order valence-corrected chi connectivity index (χ3v) is 2.48. The van der Waals surface area contributed by atoms with Gasteiger partial charge in [-0.25, -0.2) is 0 Å². The molecule has 0 aromatic heterocycles. The van der Waals surface area contributed by atoms with Crippen molar-refractivity contribution >= 4 is 11.5 Å². The summed E-state index contributed by atoms with van der Waals surface area (Å²) in [6.07, 6.45) is -1.74. The van der Waals surface area contributed by atoms with Crippen LogP contribution in [0.1, 0.15) is 19.3 Å².